The lowest BCUT2D eigenvalue weighted by Gasteiger charge is -2.12. The molecule has 0 atom stereocenters. The van der Waals surface area contributed by atoms with Gasteiger partial charge in [-0.05, 0) is 18.6 Å². The molecule has 4 heteroatoms. The molecular formula is C14H13BrFNO. The van der Waals surface area contributed by atoms with Gasteiger partial charge in [0.15, 0.2) is 0 Å². The van der Waals surface area contributed by atoms with Crippen LogP contribution in [0.3, 0.4) is 0 Å². The molecule has 0 bridgehead atoms. The first kappa shape index (κ1) is 13.0. The molecule has 0 aliphatic rings. The Morgan fingerprint density at radius 3 is 2.89 bits per heavy atom. The van der Waals surface area contributed by atoms with Gasteiger partial charge in [-0.25, -0.2) is 4.39 Å². The topological polar surface area (TPSA) is 22.1 Å². The Labute approximate surface area is 114 Å². The van der Waals surface area contributed by atoms with E-state index >= 15 is 0 Å². The number of para-hydroxylation sites is 1. The van der Waals surface area contributed by atoms with Crippen molar-refractivity contribution in [2.24, 2.45) is 0 Å². The minimum atomic E-state index is -0.346. The van der Waals surface area contributed by atoms with Crippen molar-refractivity contribution in [1.29, 1.82) is 0 Å². The number of hydrogen-bond acceptors (Lipinski definition) is 2. The lowest BCUT2D eigenvalue weighted by Crippen LogP contribution is -2.00. The molecular weight excluding hydrogens is 297 g/mol. The number of aromatic nitrogens is 1. The van der Waals surface area contributed by atoms with Gasteiger partial charge in [-0.15, -0.1) is 0 Å². The second-order valence-corrected chi connectivity index (χ2v) is 4.56. The lowest BCUT2D eigenvalue weighted by atomic mass is 10.1. The highest BCUT2D eigenvalue weighted by Gasteiger charge is 2.06. The van der Waals surface area contributed by atoms with Crippen molar-refractivity contribution in [1.82, 2.24) is 4.98 Å². The zero-order chi connectivity index (χ0) is 13.0. The van der Waals surface area contributed by atoms with Crippen LogP contribution in [0.2, 0.25) is 0 Å². The van der Waals surface area contributed by atoms with Gasteiger partial charge in [0, 0.05) is 22.7 Å². The molecule has 0 saturated heterocycles. The van der Waals surface area contributed by atoms with E-state index in [-0.39, 0.29) is 5.82 Å². The minimum Gasteiger partial charge on any atom is -0.488 e. The number of alkyl halides is 1. The van der Waals surface area contributed by atoms with E-state index in [0.717, 1.165) is 27.8 Å². The number of rotatable bonds is 4. The zero-order valence-electron chi connectivity index (χ0n) is 9.99. The normalized spacial score (nSPS) is 10.4. The van der Waals surface area contributed by atoms with Gasteiger partial charge in [0.1, 0.15) is 18.2 Å². The highest BCUT2D eigenvalue weighted by molar-refractivity contribution is 9.08. The summed E-state index contributed by atoms with van der Waals surface area (Å²) in [5, 5.41) is 0.728. The fourth-order valence-corrected chi connectivity index (χ4v) is 2.16. The highest BCUT2D eigenvalue weighted by atomic mass is 79.9. The molecule has 1 heterocycles. The Morgan fingerprint density at radius 2 is 2.17 bits per heavy atom. The van der Waals surface area contributed by atoms with Crippen molar-refractivity contribution in [3.63, 3.8) is 0 Å². The number of ether oxygens (including phenoxy) is 1. The molecule has 1 aromatic heterocycles. The fourth-order valence-electron chi connectivity index (χ4n) is 1.72. The number of nitrogens with zero attached hydrogens (tertiary/aromatic N) is 1. The molecule has 1 aromatic carbocycles. The van der Waals surface area contributed by atoms with Crippen molar-refractivity contribution in [2.45, 2.75) is 18.9 Å². The fraction of sp³-hybridized carbons (Fsp3) is 0.214. The largest absolute Gasteiger partial charge is 0.488 e. The van der Waals surface area contributed by atoms with E-state index in [1.807, 2.05) is 25.1 Å². The summed E-state index contributed by atoms with van der Waals surface area (Å²) >= 11 is 3.43. The lowest BCUT2D eigenvalue weighted by molar-refractivity contribution is 0.300. The van der Waals surface area contributed by atoms with Crippen LogP contribution in [0.4, 0.5) is 4.39 Å². The number of pyridine rings is 1. The summed E-state index contributed by atoms with van der Waals surface area (Å²) in [5.74, 6) is 0.500. The first-order chi connectivity index (χ1) is 8.70. The van der Waals surface area contributed by atoms with E-state index in [2.05, 4.69) is 20.9 Å². The maximum atomic E-state index is 13.0. The monoisotopic (exact) mass is 309 g/mol. The van der Waals surface area contributed by atoms with E-state index in [1.165, 1.54) is 12.3 Å². The second-order valence-electron chi connectivity index (χ2n) is 4.00. The Balaban J connectivity index is 2.15. The molecule has 0 spiro atoms. The Hall–Kier alpha value is -1.42. The SMILES string of the molecule is Cc1cccc(CBr)c1OCc1cncc(F)c1. The predicted molar refractivity (Wildman–Crippen MR) is 72.3 cm³/mol. The standard InChI is InChI=1S/C14H13BrFNO/c1-10-3-2-4-12(6-15)14(10)18-9-11-5-13(16)8-17-7-11/h2-5,7-8H,6,9H2,1H3. The van der Waals surface area contributed by atoms with Crippen LogP contribution in [0.5, 0.6) is 5.75 Å². The molecule has 0 amide bonds. The summed E-state index contributed by atoms with van der Waals surface area (Å²) in [6.07, 6.45) is 2.79. The molecule has 0 saturated carbocycles. The van der Waals surface area contributed by atoms with Gasteiger partial charge in [-0.2, -0.15) is 0 Å². The molecule has 2 rings (SSSR count). The van der Waals surface area contributed by atoms with E-state index in [9.17, 15) is 4.39 Å². The van der Waals surface area contributed by atoms with Crippen molar-refractivity contribution in [3.05, 3.63) is 59.2 Å². The number of halogens is 2. The van der Waals surface area contributed by atoms with Gasteiger partial charge in [-0.1, -0.05) is 34.1 Å². The molecule has 18 heavy (non-hydrogen) atoms. The molecule has 0 aliphatic heterocycles. The summed E-state index contributed by atoms with van der Waals surface area (Å²) < 4.78 is 18.8. The highest BCUT2D eigenvalue weighted by Crippen LogP contribution is 2.26. The summed E-state index contributed by atoms with van der Waals surface area (Å²) in [5.41, 5.74) is 2.87. The molecule has 2 nitrogen and oxygen atoms in total. The van der Waals surface area contributed by atoms with Crippen molar-refractivity contribution >= 4 is 15.9 Å². The minimum absolute atomic E-state index is 0.315. The Bertz CT molecular complexity index is 545. The predicted octanol–water partition coefficient (Wildman–Crippen LogP) is 4.00. The van der Waals surface area contributed by atoms with Crippen LogP contribution in [-0.2, 0) is 11.9 Å². The summed E-state index contributed by atoms with van der Waals surface area (Å²) in [4.78, 5) is 3.80. The van der Waals surface area contributed by atoms with Gasteiger partial charge < -0.3 is 4.74 Å². The Morgan fingerprint density at radius 1 is 1.33 bits per heavy atom. The van der Waals surface area contributed by atoms with Crippen LogP contribution in [-0.4, -0.2) is 4.98 Å². The van der Waals surface area contributed by atoms with Gasteiger partial charge in [0.05, 0.1) is 6.20 Å². The quantitative estimate of drug-likeness (QED) is 0.796. The first-order valence-corrected chi connectivity index (χ1v) is 6.69. The van der Waals surface area contributed by atoms with Gasteiger partial charge in [0.25, 0.3) is 0 Å². The van der Waals surface area contributed by atoms with Crippen molar-refractivity contribution in [3.8, 4) is 5.75 Å². The average Bonchev–Trinajstić information content (AvgIpc) is 2.37. The molecule has 0 N–H and O–H groups in total. The molecule has 0 fully saturated rings. The van der Waals surface area contributed by atoms with E-state index < -0.39 is 0 Å². The first-order valence-electron chi connectivity index (χ1n) is 5.57. The van der Waals surface area contributed by atoms with Crippen molar-refractivity contribution < 1.29 is 9.13 Å². The van der Waals surface area contributed by atoms with Gasteiger partial charge in [0.2, 0.25) is 0 Å². The maximum Gasteiger partial charge on any atom is 0.141 e. The number of benzene rings is 1. The Kier molecular flexibility index (Phi) is 4.31. The number of hydrogen-bond donors (Lipinski definition) is 0. The van der Waals surface area contributed by atoms with E-state index in [4.69, 9.17) is 4.74 Å². The summed E-state index contributed by atoms with van der Waals surface area (Å²) in [6, 6.07) is 7.41. The smallest absolute Gasteiger partial charge is 0.141 e. The van der Waals surface area contributed by atoms with Crippen LogP contribution in [0.25, 0.3) is 0 Å². The van der Waals surface area contributed by atoms with Crippen molar-refractivity contribution in [2.75, 3.05) is 0 Å². The second kappa shape index (κ2) is 5.96. The molecule has 0 unspecified atom stereocenters. The van der Waals surface area contributed by atoms with Gasteiger partial charge in [-0.3, -0.25) is 4.98 Å². The molecule has 2 aromatic rings. The summed E-state index contributed by atoms with van der Waals surface area (Å²) in [7, 11) is 0. The molecule has 0 aliphatic carbocycles. The van der Waals surface area contributed by atoms with Crippen LogP contribution in [0, 0.1) is 12.7 Å². The molecule has 94 valence electrons. The van der Waals surface area contributed by atoms with Crippen LogP contribution in [0.15, 0.2) is 36.7 Å². The third-order valence-corrected chi connectivity index (χ3v) is 3.19. The van der Waals surface area contributed by atoms with E-state index in [0.29, 0.717) is 6.61 Å². The van der Waals surface area contributed by atoms with E-state index in [1.54, 1.807) is 6.20 Å². The summed E-state index contributed by atoms with van der Waals surface area (Å²) in [6.45, 7) is 2.31. The molecule has 0 radical (unpaired) electrons. The number of aryl methyl sites for hydroxylation is 1. The average molecular weight is 310 g/mol. The zero-order valence-corrected chi connectivity index (χ0v) is 11.6. The van der Waals surface area contributed by atoms with Crippen LogP contribution >= 0.6 is 15.9 Å². The third-order valence-electron chi connectivity index (χ3n) is 2.58. The van der Waals surface area contributed by atoms with Crippen LogP contribution in [0.1, 0.15) is 16.7 Å². The van der Waals surface area contributed by atoms with Gasteiger partial charge >= 0.3 is 0 Å². The maximum absolute atomic E-state index is 13.0. The third kappa shape index (κ3) is 3.07. The van der Waals surface area contributed by atoms with Crippen LogP contribution < -0.4 is 4.74 Å².